The summed E-state index contributed by atoms with van der Waals surface area (Å²) in [5, 5.41) is 0. The molecule has 0 radical (unpaired) electrons. The number of guanidine groups is 1. The highest BCUT2D eigenvalue weighted by atomic mass is 32.1. The summed E-state index contributed by atoms with van der Waals surface area (Å²) in [6.07, 6.45) is 1.09. The first-order valence-electron chi connectivity index (χ1n) is 7.03. The van der Waals surface area contributed by atoms with Gasteiger partial charge in [-0.15, -0.1) is 11.3 Å². The normalized spacial score (nSPS) is 21.6. The van der Waals surface area contributed by atoms with Gasteiger partial charge in [0.25, 0.3) is 0 Å². The third-order valence-corrected chi connectivity index (χ3v) is 5.40. The van der Waals surface area contributed by atoms with Crippen LogP contribution in [0.3, 0.4) is 0 Å². The van der Waals surface area contributed by atoms with E-state index < -0.39 is 0 Å². The number of hydrogen-bond donors (Lipinski definition) is 1. The molecule has 2 unspecified atom stereocenters. The smallest absolute Gasteiger partial charge is 0.192 e. The molecule has 1 aromatic heterocycles. The number of thiophene rings is 1. The van der Waals surface area contributed by atoms with Crippen molar-refractivity contribution in [1.82, 2.24) is 4.90 Å². The van der Waals surface area contributed by atoms with Gasteiger partial charge in [0.2, 0.25) is 0 Å². The Balaban J connectivity index is 2.25. The summed E-state index contributed by atoms with van der Waals surface area (Å²) >= 11 is 1.90. The molecule has 0 aliphatic carbocycles. The van der Waals surface area contributed by atoms with Gasteiger partial charge in [-0.25, -0.2) is 0 Å². The lowest BCUT2D eigenvalue weighted by Crippen LogP contribution is -2.41. The summed E-state index contributed by atoms with van der Waals surface area (Å²) in [4.78, 5) is 9.53. The molecule has 0 spiro atoms. The van der Waals surface area contributed by atoms with Crippen LogP contribution in [-0.2, 0) is 5.41 Å². The van der Waals surface area contributed by atoms with Gasteiger partial charge in [0.1, 0.15) is 0 Å². The first-order valence-corrected chi connectivity index (χ1v) is 7.84. The second-order valence-corrected chi connectivity index (χ2v) is 7.45. The molecular formula is C15H25N3S. The molecule has 3 nitrogen and oxygen atoms in total. The van der Waals surface area contributed by atoms with E-state index in [1.807, 2.05) is 11.3 Å². The van der Waals surface area contributed by atoms with Crippen molar-refractivity contribution < 1.29 is 0 Å². The minimum absolute atomic E-state index is 0.217. The van der Waals surface area contributed by atoms with Crippen LogP contribution in [0.5, 0.6) is 0 Å². The van der Waals surface area contributed by atoms with Crippen molar-refractivity contribution in [3.8, 4) is 0 Å². The lowest BCUT2D eigenvalue weighted by molar-refractivity contribution is 0.271. The zero-order valence-electron chi connectivity index (χ0n) is 12.6. The van der Waals surface area contributed by atoms with Crippen LogP contribution in [0.2, 0.25) is 0 Å². The maximum Gasteiger partial charge on any atom is 0.192 e. The fourth-order valence-corrected chi connectivity index (χ4v) is 3.56. The van der Waals surface area contributed by atoms with Gasteiger partial charge in [-0.2, -0.15) is 0 Å². The topological polar surface area (TPSA) is 41.6 Å². The molecule has 1 aliphatic rings. The fraction of sp³-hybridized carbons (Fsp3) is 0.667. The largest absolute Gasteiger partial charge is 0.370 e. The van der Waals surface area contributed by atoms with Crippen molar-refractivity contribution in [3.05, 3.63) is 21.9 Å². The molecule has 2 atom stereocenters. The minimum Gasteiger partial charge on any atom is -0.370 e. The Morgan fingerprint density at radius 1 is 1.47 bits per heavy atom. The zero-order chi connectivity index (χ0) is 14.2. The fourth-order valence-electron chi connectivity index (χ4n) is 2.40. The lowest BCUT2D eigenvalue weighted by Gasteiger charge is -2.31. The van der Waals surface area contributed by atoms with Crippen molar-refractivity contribution in [1.29, 1.82) is 0 Å². The Kier molecular flexibility index (Phi) is 3.90. The van der Waals surface area contributed by atoms with Crippen molar-refractivity contribution in [2.45, 2.75) is 58.5 Å². The van der Waals surface area contributed by atoms with E-state index in [2.05, 4.69) is 56.6 Å². The molecular weight excluding hydrogens is 254 g/mol. The number of aliphatic imine (C=N–C) groups is 1. The standard InChI is InChI=1S/C15H25N3S/c1-6-10(2)18-11(9-17-14(18)16)12-7-8-13(19-12)15(3,4)5/h7-8,10-11H,6,9H2,1-5H3,(H2,16,17). The molecule has 19 heavy (non-hydrogen) atoms. The lowest BCUT2D eigenvalue weighted by atomic mass is 9.95. The average Bonchev–Trinajstić information content (AvgIpc) is 2.93. The average molecular weight is 279 g/mol. The summed E-state index contributed by atoms with van der Waals surface area (Å²) < 4.78 is 0. The SMILES string of the molecule is CCC(C)N1C(N)=NCC1c1ccc(C(C)(C)C)s1. The van der Waals surface area contributed by atoms with Crippen LogP contribution in [-0.4, -0.2) is 23.4 Å². The molecule has 0 amide bonds. The van der Waals surface area contributed by atoms with Crippen LogP contribution in [0.1, 0.15) is 56.8 Å². The summed E-state index contributed by atoms with van der Waals surface area (Å²) in [5.41, 5.74) is 6.27. The van der Waals surface area contributed by atoms with Gasteiger partial charge >= 0.3 is 0 Å². The highest BCUT2D eigenvalue weighted by Gasteiger charge is 2.32. The molecule has 2 N–H and O–H groups in total. The molecule has 0 fully saturated rings. The zero-order valence-corrected chi connectivity index (χ0v) is 13.4. The van der Waals surface area contributed by atoms with E-state index in [1.54, 1.807) is 0 Å². The second-order valence-electron chi connectivity index (χ2n) is 6.33. The molecule has 106 valence electrons. The van der Waals surface area contributed by atoms with Crippen molar-refractivity contribution in [2.24, 2.45) is 10.7 Å². The Labute approximate surface area is 120 Å². The minimum atomic E-state index is 0.217. The van der Waals surface area contributed by atoms with E-state index in [1.165, 1.54) is 9.75 Å². The molecule has 0 saturated carbocycles. The molecule has 2 heterocycles. The van der Waals surface area contributed by atoms with Gasteiger partial charge in [0, 0.05) is 15.8 Å². The van der Waals surface area contributed by atoms with E-state index in [0.717, 1.165) is 13.0 Å². The quantitative estimate of drug-likeness (QED) is 0.920. The maximum atomic E-state index is 6.06. The van der Waals surface area contributed by atoms with Crippen LogP contribution >= 0.6 is 11.3 Å². The third kappa shape index (κ3) is 2.78. The van der Waals surface area contributed by atoms with Gasteiger partial charge in [0.05, 0.1) is 12.6 Å². The Morgan fingerprint density at radius 3 is 2.68 bits per heavy atom. The Bertz CT molecular complexity index is 470. The van der Waals surface area contributed by atoms with Crippen LogP contribution in [0.25, 0.3) is 0 Å². The van der Waals surface area contributed by atoms with Gasteiger partial charge in [-0.05, 0) is 30.9 Å². The number of nitrogens with zero attached hydrogens (tertiary/aromatic N) is 2. The van der Waals surface area contributed by atoms with Gasteiger partial charge in [-0.3, -0.25) is 4.99 Å². The van der Waals surface area contributed by atoms with Crippen LogP contribution in [0, 0.1) is 0 Å². The van der Waals surface area contributed by atoms with Crippen LogP contribution < -0.4 is 5.73 Å². The van der Waals surface area contributed by atoms with Gasteiger partial charge in [-0.1, -0.05) is 27.7 Å². The molecule has 0 saturated heterocycles. The molecule has 1 aromatic rings. The molecule has 2 rings (SSSR count). The summed E-state index contributed by atoms with van der Waals surface area (Å²) in [7, 11) is 0. The Morgan fingerprint density at radius 2 is 2.16 bits per heavy atom. The number of hydrogen-bond acceptors (Lipinski definition) is 4. The predicted octanol–water partition coefficient (Wildman–Crippen LogP) is 3.52. The molecule has 4 heteroatoms. The highest BCUT2D eigenvalue weighted by molar-refractivity contribution is 7.12. The van der Waals surface area contributed by atoms with Crippen molar-refractivity contribution in [2.75, 3.05) is 6.54 Å². The van der Waals surface area contributed by atoms with E-state index >= 15 is 0 Å². The van der Waals surface area contributed by atoms with Crippen molar-refractivity contribution >= 4 is 17.3 Å². The highest BCUT2D eigenvalue weighted by Crippen LogP contribution is 2.37. The van der Waals surface area contributed by atoms with E-state index in [-0.39, 0.29) is 5.41 Å². The molecule has 0 bridgehead atoms. The van der Waals surface area contributed by atoms with Gasteiger partial charge < -0.3 is 10.6 Å². The number of nitrogens with two attached hydrogens (primary N) is 1. The summed E-state index contributed by atoms with van der Waals surface area (Å²) in [5.74, 6) is 0.699. The maximum absolute atomic E-state index is 6.06. The van der Waals surface area contributed by atoms with E-state index in [9.17, 15) is 0 Å². The first kappa shape index (κ1) is 14.4. The monoisotopic (exact) mass is 279 g/mol. The van der Waals surface area contributed by atoms with Crippen LogP contribution in [0.4, 0.5) is 0 Å². The summed E-state index contributed by atoms with van der Waals surface area (Å²) in [6.45, 7) is 12.0. The van der Waals surface area contributed by atoms with E-state index in [4.69, 9.17) is 5.73 Å². The van der Waals surface area contributed by atoms with Gasteiger partial charge in [0.15, 0.2) is 5.96 Å². The third-order valence-electron chi connectivity index (χ3n) is 3.79. The second kappa shape index (κ2) is 5.16. The molecule has 0 aromatic carbocycles. The van der Waals surface area contributed by atoms with Crippen LogP contribution in [0.15, 0.2) is 17.1 Å². The van der Waals surface area contributed by atoms with E-state index in [0.29, 0.717) is 18.0 Å². The predicted molar refractivity (Wildman–Crippen MR) is 83.8 cm³/mol. The summed E-state index contributed by atoms with van der Waals surface area (Å²) in [6, 6.07) is 5.27. The molecule has 1 aliphatic heterocycles. The Hall–Kier alpha value is -1.03. The number of rotatable bonds is 3. The van der Waals surface area contributed by atoms with Crippen molar-refractivity contribution in [3.63, 3.8) is 0 Å². The first-order chi connectivity index (χ1) is 8.84.